The number of hydrogen-bond donors (Lipinski definition) is 3. The van der Waals surface area contributed by atoms with Crippen molar-refractivity contribution in [2.45, 2.75) is 32.4 Å². The topological polar surface area (TPSA) is 122 Å². The molecule has 0 radical (unpaired) electrons. The maximum absolute atomic E-state index is 12.0. The Morgan fingerprint density at radius 1 is 1.46 bits per heavy atom. The van der Waals surface area contributed by atoms with E-state index in [4.69, 9.17) is 5.73 Å². The largest absolute Gasteiger partial charge is 0.329 e. The van der Waals surface area contributed by atoms with Crippen LogP contribution in [0.2, 0.25) is 0 Å². The molecule has 0 spiro atoms. The minimum absolute atomic E-state index is 0.142. The van der Waals surface area contributed by atoms with Crippen molar-refractivity contribution in [1.29, 1.82) is 0 Å². The summed E-state index contributed by atoms with van der Waals surface area (Å²) in [6.45, 7) is 1.83. The van der Waals surface area contributed by atoms with Gasteiger partial charge >= 0.3 is 0 Å². The molecule has 128 valence electrons. The van der Waals surface area contributed by atoms with Crippen molar-refractivity contribution >= 4 is 29.8 Å². The van der Waals surface area contributed by atoms with Crippen LogP contribution in [0.3, 0.4) is 0 Å². The molecule has 1 heterocycles. The molecule has 0 aromatic heterocycles. The number of benzene rings is 1. The van der Waals surface area contributed by atoms with Gasteiger partial charge in [-0.05, 0) is 30.5 Å². The van der Waals surface area contributed by atoms with Crippen LogP contribution in [-0.2, 0) is 25.7 Å². The van der Waals surface area contributed by atoms with Crippen molar-refractivity contribution < 1.29 is 19.2 Å². The van der Waals surface area contributed by atoms with Gasteiger partial charge in [0.25, 0.3) is 0 Å². The van der Waals surface area contributed by atoms with Crippen molar-refractivity contribution in [3.63, 3.8) is 0 Å². The van der Waals surface area contributed by atoms with Gasteiger partial charge in [0.05, 0.1) is 6.54 Å². The molecule has 1 unspecified atom stereocenters. The number of imide groups is 1. The minimum Gasteiger partial charge on any atom is -0.329 e. The highest BCUT2D eigenvalue weighted by molar-refractivity contribution is 6.01. The maximum Gasteiger partial charge on any atom is 0.249 e. The molecular weight excluding hydrogens is 312 g/mol. The Morgan fingerprint density at radius 2 is 2.21 bits per heavy atom. The number of nitrogens with zero attached hydrogens (tertiary/aromatic N) is 1. The van der Waals surface area contributed by atoms with Crippen LogP contribution < -0.4 is 16.4 Å². The molecule has 1 aliphatic rings. The number of nitrogens with one attached hydrogen (secondary N) is 2. The number of piperidine rings is 1. The summed E-state index contributed by atoms with van der Waals surface area (Å²) in [6, 6.07) is 4.63. The van der Waals surface area contributed by atoms with E-state index in [1.165, 1.54) is 4.90 Å². The summed E-state index contributed by atoms with van der Waals surface area (Å²) in [5, 5.41) is 4.93. The van der Waals surface area contributed by atoms with Gasteiger partial charge in [0.2, 0.25) is 24.1 Å². The van der Waals surface area contributed by atoms with E-state index in [0.29, 0.717) is 12.1 Å². The number of rotatable bonds is 6. The van der Waals surface area contributed by atoms with Crippen molar-refractivity contribution in [1.82, 2.24) is 10.2 Å². The van der Waals surface area contributed by atoms with Crippen LogP contribution in [0, 0.1) is 6.92 Å². The summed E-state index contributed by atoms with van der Waals surface area (Å²) in [4.78, 5) is 47.6. The van der Waals surface area contributed by atoms with E-state index in [1.807, 2.05) is 13.0 Å². The lowest BCUT2D eigenvalue weighted by atomic mass is 10.0. The van der Waals surface area contributed by atoms with Crippen molar-refractivity contribution in [3.05, 3.63) is 29.3 Å². The smallest absolute Gasteiger partial charge is 0.249 e. The SMILES string of the molecule is Cc1cccc(NC(=O)CN)c1CN(C=O)C1CCC(=O)NC1=O. The van der Waals surface area contributed by atoms with Gasteiger partial charge < -0.3 is 16.0 Å². The van der Waals surface area contributed by atoms with Crippen LogP contribution >= 0.6 is 0 Å². The molecule has 0 bridgehead atoms. The Morgan fingerprint density at radius 3 is 2.83 bits per heavy atom. The number of carbonyl (C=O) groups is 4. The predicted molar refractivity (Wildman–Crippen MR) is 86.6 cm³/mol. The highest BCUT2D eigenvalue weighted by Gasteiger charge is 2.31. The van der Waals surface area contributed by atoms with E-state index in [-0.39, 0.29) is 37.7 Å². The molecule has 1 aromatic rings. The van der Waals surface area contributed by atoms with Crippen LogP contribution in [0.4, 0.5) is 5.69 Å². The molecule has 0 saturated carbocycles. The zero-order chi connectivity index (χ0) is 17.7. The van der Waals surface area contributed by atoms with Gasteiger partial charge in [-0.2, -0.15) is 0 Å². The zero-order valence-electron chi connectivity index (χ0n) is 13.4. The third-order valence-electron chi connectivity index (χ3n) is 3.96. The first-order chi connectivity index (χ1) is 11.5. The highest BCUT2D eigenvalue weighted by Crippen LogP contribution is 2.23. The minimum atomic E-state index is -0.710. The molecule has 8 heteroatoms. The van der Waals surface area contributed by atoms with Gasteiger partial charge in [-0.3, -0.25) is 24.5 Å². The summed E-state index contributed by atoms with van der Waals surface area (Å²) in [7, 11) is 0. The van der Waals surface area contributed by atoms with Crippen molar-refractivity contribution in [3.8, 4) is 0 Å². The molecule has 8 nitrogen and oxygen atoms in total. The van der Waals surface area contributed by atoms with Gasteiger partial charge in [-0.1, -0.05) is 12.1 Å². The standard InChI is InChI=1S/C16H20N4O4/c1-10-3-2-4-12(18-15(23)7-17)11(10)8-20(9-21)13-5-6-14(22)19-16(13)24/h2-4,9,13H,5-8,17H2,1H3,(H,18,23)(H,19,22,24). The lowest BCUT2D eigenvalue weighted by Crippen LogP contribution is -2.51. The van der Waals surface area contributed by atoms with Gasteiger partial charge in [-0.25, -0.2) is 0 Å². The molecule has 1 saturated heterocycles. The van der Waals surface area contributed by atoms with E-state index < -0.39 is 11.9 Å². The molecular formula is C16H20N4O4. The van der Waals surface area contributed by atoms with Gasteiger partial charge in [0.1, 0.15) is 6.04 Å². The Kier molecular flexibility index (Phi) is 5.64. The van der Waals surface area contributed by atoms with Crippen molar-refractivity contribution in [2.75, 3.05) is 11.9 Å². The second-order valence-electron chi connectivity index (χ2n) is 5.60. The second-order valence-corrected chi connectivity index (χ2v) is 5.60. The van der Waals surface area contributed by atoms with Crippen LogP contribution in [0.5, 0.6) is 0 Å². The number of anilines is 1. The Hall–Kier alpha value is -2.74. The molecule has 1 aliphatic heterocycles. The van der Waals surface area contributed by atoms with E-state index in [2.05, 4.69) is 10.6 Å². The summed E-state index contributed by atoms with van der Waals surface area (Å²) < 4.78 is 0. The highest BCUT2D eigenvalue weighted by atomic mass is 16.2. The average Bonchev–Trinajstić information content (AvgIpc) is 2.55. The molecule has 24 heavy (non-hydrogen) atoms. The second kappa shape index (κ2) is 7.69. The number of carbonyl (C=O) groups excluding carboxylic acids is 4. The third-order valence-corrected chi connectivity index (χ3v) is 3.96. The summed E-state index contributed by atoms with van der Waals surface area (Å²) >= 11 is 0. The van der Waals surface area contributed by atoms with E-state index in [9.17, 15) is 19.2 Å². The van der Waals surface area contributed by atoms with E-state index >= 15 is 0 Å². The summed E-state index contributed by atoms with van der Waals surface area (Å²) in [6.07, 6.45) is 1.05. The monoisotopic (exact) mass is 332 g/mol. The molecule has 1 atom stereocenters. The van der Waals surface area contributed by atoms with Crippen LogP contribution in [0.15, 0.2) is 18.2 Å². The normalized spacial score (nSPS) is 17.2. The number of aryl methyl sites for hydroxylation is 1. The molecule has 4 amide bonds. The number of hydrogen-bond acceptors (Lipinski definition) is 5. The molecule has 0 aliphatic carbocycles. The van der Waals surface area contributed by atoms with E-state index in [1.54, 1.807) is 12.1 Å². The Balaban J connectivity index is 2.24. The first-order valence-corrected chi connectivity index (χ1v) is 7.59. The molecule has 2 rings (SSSR count). The lowest BCUT2D eigenvalue weighted by Gasteiger charge is -2.30. The Labute approximate surface area is 139 Å². The van der Waals surface area contributed by atoms with Crippen LogP contribution in [0.25, 0.3) is 0 Å². The fourth-order valence-corrected chi connectivity index (χ4v) is 2.63. The zero-order valence-corrected chi connectivity index (χ0v) is 13.4. The quantitative estimate of drug-likeness (QED) is 0.486. The van der Waals surface area contributed by atoms with Gasteiger partial charge in [0, 0.05) is 18.7 Å². The number of nitrogens with two attached hydrogens (primary N) is 1. The first kappa shape index (κ1) is 17.6. The summed E-state index contributed by atoms with van der Waals surface area (Å²) in [5.74, 6) is -1.17. The van der Waals surface area contributed by atoms with Gasteiger partial charge in [-0.15, -0.1) is 0 Å². The fourth-order valence-electron chi connectivity index (χ4n) is 2.63. The molecule has 1 aromatic carbocycles. The Bertz CT molecular complexity index is 674. The van der Waals surface area contributed by atoms with Crippen LogP contribution in [0.1, 0.15) is 24.0 Å². The molecule has 4 N–H and O–H groups in total. The lowest BCUT2D eigenvalue weighted by molar-refractivity contribution is -0.141. The van der Waals surface area contributed by atoms with Crippen LogP contribution in [-0.4, -0.2) is 41.6 Å². The third kappa shape index (κ3) is 3.96. The summed E-state index contributed by atoms with van der Waals surface area (Å²) in [5.41, 5.74) is 7.45. The van der Waals surface area contributed by atoms with E-state index in [0.717, 1.165) is 11.1 Å². The number of amides is 4. The maximum atomic E-state index is 12.0. The van der Waals surface area contributed by atoms with Gasteiger partial charge in [0.15, 0.2) is 0 Å². The average molecular weight is 332 g/mol. The predicted octanol–water partition coefficient (Wildman–Crippen LogP) is -0.344. The van der Waals surface area contributed by atoms with Crippen molar-refractivity contribution in [2.24, 2.45) is 5.73 Å². The molecule has 1 fully saturated rings. The fraction of sp³-hybridized carbons (Fsp3) is 0.375. The first-order valence-electron chi connectivity index (χ1n) is 7.59.